The van der Waals surface area contributed by atoms with Gasteiger partial charge in [0.25, 0.3) is 10.0 Å². The Hall–Kier alpha value is -4.12. The third kappa shape index (κ3) is 6.97. The Balaban J connectivity index is 1.73. The highest BCUT2D eigenvalue weighted by atomic mass is 32.2. The number of fused-ring (bicyclic) bond motifs is 1. The van der Waals surface area contributed by atoms with Crippen LogP contribution in [-0.2, 0) is 26.2 Å². The molecule has 0 unspecified atom stereocenters. The topological polar surface area (TPSA) is 105 Å². The van der Waals surface area contributed by atoms with Gasteiger partial charge in [0, 0.05) is 24.2 Å². The van der Waals surface area contributed by atoms with Crippen LogP contribution in [0, 0.1) is 5.82 Å². The van der Waals surface area contributed by atoms with E-state index in [1.807, 2.05) is 13.8 Å². The summed E-state index contributed by atoms with van der Waals surface area (Å²) in [5.74, 6) is -0.852. The van der Waals surface area contributed by atoms with Crippen LogP contribution in [-0.4, -0.2) is 57.0 Å². The number of nitrogens with zero attached hydrogens (tertiary/aromatic N) is 2. The van der Waals surface area contributed by atoms with Crippen LogP contribution < -0.4 is 19.1 Å². The van der Waals surface area contributed by atoms with E-state index in [4.69, 9.17) is 9.47 Å². The second kappa shape index (κ2) is 13.0. The van der Waals surface area contributed by atoms with Gasteiger partial charge in [-0.05, 0) is 50.6 Å². The van der Waals surface area contributed by atoms with Crippen LogP contribution in [0.25, 0.3) is 0 Å². The van der Waals surface area contributed by atoms with Gasteiger partial charge in [0.1, 0.15) is 31.6 Å². The molecular weight excluding hydrogens is 549 g/mol. The molecule has 1 N–H and O–H groups in total. The molecule has 1 aliphatic rings. The van der Waals surface area contributed by atoms with E-state index in [0.29, 0.717) is 31.1 Å². The summed E-state index contributed by atoms with van der Waals surface area (Å²) in [6.07, 6.45) is 0.674. The van der Waals surface area contributed by atoms with Gasteiger partial charge in [0.15, 0.2) is 11.5 Å². The van der Waals surface area contributed by atoms with Crippen molar-refractivity contribution >= 4 is 27.5 Å². The molecule has 218 valence electrons. The first kappa shape index (κ1) is 29.9. The molecule has 0 spiro atoms. The van der Waals surface area contributed by atoms with Crippen molar-refractivity contribution in [2.24, 2.45) is 0 Å². The van der Waals surface area contributed by atoms with Crippen LogP contribution in [0.3, 0.4) is 0 Å². The quantitative estimate of drug-likeness (QED) is 0.364. The molecule has 4 rings (SSSR count). The Morgan fingerprint density at radius 2 is 1.61 bits per heavy atom. The molecule has 0 saturated carbocycles. The molecular formula is C30H34FN3O6S. The van der Waals surface area contributed by atoms with E-state index in [0.717, 1.165) is 4.31 Å². The van der Waals surface area contributed by atoms with Gasteiger partial charge < -0.3 is 19.7 Å². The lowest BCUT2D eigenvalue weighted by molar-refractivity contribution is -0.139. The number of anilines is 1. The first-order valence-corrected chi connectivity index (χ1v) is 14.9. The van der Waals surface area contributed by atoms with E-state index in [1.165, 1.54) is 54.3 Å². The number of hydrogen-bond acceptors (Lipinski definition) is 6. The normalized spacial score (nSPS) is 14.0. The maximum atomic E-state index is 14.7. The fourth-order valence-corrected chi connectivity index (χ4v) is 5.72. The van der Waals surface area contributed by atoms with E-state index in [1.54, 1.807) is 30.3 Å². The molecule has 0 aromatic heterocycles. The van der Waals surface area contributed by atoms with Crippen molar-refractivity contribution in [3.63, 3.8) is 0 Å². The van der Waals surface area contributed by atoms with E-state index >= 15 is 0 Å². The molecule has 0 fully saturated rings. The number of benzene rings is 3. The summed E-state index contributed by atoms with van der Waals surface area (Å²) in [6, 6.07) is 17.1. The van der Waals surface area contributed by atoms with Crippen molar-refractivity contribution in [3.8, 4) is 11.5 Å². The maximum absolute atomic E-state index is 14.7. The first-order chi connectivity index (χ1) is 19.6. The van der Waals surface area contributed by atoms with Gasteiger partial charge in [0.2, 0.25) is 11.8 Å². The molecule has 0 radical (unpaired) electrons. The summed E-state index contributed by atoms with van der Waals surface area (Å²) in [5, 5.41) is 2.85. The van der Waals surface area contributed by atoms with Crippen LogP contribution >= 0.6 is 0 Å². The van der Waals surface area contributed by atoms with Gasteiger partial charge in [-0.2, -0.15) is 0 Å². The lowest BCUT2D eigenvalue weighted by Crippen LogP contribution is -2.52. The second-order valence-electron chi connectivity index (χ2n) is 9.76. The van der Waals surface area contributed by atoms with Crippen molar-refractivity contribution < 1.29 is 31.9 Å². The molecule has 1 aliphatic heterocycles. The fourth-order valence-electron chi connectivity index (χ4n) is 4.29. The van der Waals surface area contributed by atoms with Crippen LogP contribution in [0.15, 0.2) is 77.7 Å². The predicted octanol–water partition coefficient (Wildman–Crippen LogP) is 4.12. The lowest BCUT2D eigenvalue weighted by atomic mass is 10.1. The number of rotatable bonds is 11. The highest BCUT2D eigenvalue weighted by molar-refractivity contribution is 7.92. The molecule has 0 saturated heterocycles. The molecule has 0 bridgehead atoms. The summed E-state index contributed by atoms with van der Waals surface area (Å²) in [4.78, 5) is 28.3. The molecule has 11 heteroatoms. The maximum Gasteiger partial charge on any atom is 0.264 e. The predicted molar refractivity (Wildman–Crippen MR) is 153 cm³/mol. The number of amides is 2. The zero-order valence-electron chi connectivity index (χ0n) is 23.2. The Bertz CT molecular complexity index is 1480. The Morgan fingerprint density at radius 1 is 0.951 bits per heavy atom. The summed E-state index contributed by atoms with van der Waals surface area (Å²) < 4.78 is 54.7. The standard InChI is InChI=1S/C30H34FN3O6S/c1-4-21(2)32-30(36)22(3)33(19-23-10-8-9-13-26(23)31)29(35)20-34(41(37,38)25-11-6-5-7-12-25)24-14-15-27-28(18-24)40-17-16-39-27/h5-15,18,21-22H,4,16-17,19-20H2,1-3H3,(H,32,36)/t21-,22-/m0/s1. The number of halogens is 1. The first-order valence-electron chi connectivity index (χ1n) is 13.4. The van der Waals surface area contributed by atoms with Crippen molar-refractivity contribution in [3.05, 3.63) is 84.2 Å². The minimum absolute atomic E-state index is 0.0223. The number of nitrogens with one attached hydrogen (secondary N) is 1. The number of carbonyl (C=O) groups excluding carboxylic acids is 2. The molecule has 41 heavy (non-hydrogen) atoms. The molecule has 9 nitrogen and oxygen atoms in total. The highest BCUT2D eigenvalue weighted by Crippen LogP contribution is 2.36. The fraction of sp³-hybridized carbons (Fsp3) is 0.333. The summed E-state index contributed by atoms with van der Waals surface area (Å²) >= 11 is 0. The van der Waals surface area contributed by atoms with Gasteiger partial charge in [-0.25, -0.2) is 12.8 Å². The highest BCUT2D eigenvalue weighted by Gasteiger charge is 2.33. The summed E-state index contributed by atoms with van der Waals surface area (Å²) in [5.41, 5.74) is 0.370. The van der Waals surface area contributed by atoms with E-state index in [-0.39, 0.29) is 28.7 Å². The molecule has 2 atom stereocenters. The molecule has 3 aromatic carbocycles. The lowest BCUT2D eigenvalue weighted by Gasteiger charge is -2.32. The third-order valence-corrected chi connectivity index (χ3v) is 8.68. The minimum atomic E-state index is -4.24. The Kier molecular flexibility index (Phi) is 9.49. The van der Waals surface area contributed by atoms with Gasteiger partial charge in [0.05, 0.1) is 10.6 Å². The summed E-state index contributed by atoms with van der Waals surface area (Å²) in [7, 11) is -4.24. The van der Waals surface area contributed by atoms with Crippen LogP contribution in [0.5, 0.6) is 11.5 Å². The van der Waals surface area contributed by atoms with Crippen molar-refractivity contribution in [2.45, 2.75) is 50.7 Å². The van der Waals surface area contributed by atoms with Gasteiger partial charge >= 0.3 is 0 Å². The average molecular weight is 584 g/mol. The minimum Gasteiger partial charge on any atom is -0.486 e. The van der Waals surface area contributed by atoms with Gasteiger partial charge in [-0.1, -0.05) is 43.3 Å². The largest absolute Gasteiger partial charge is 0.486 e. The zero-order valence-corrected chi connectivity index (χ0v) is 24.1. The van der Waals surface area contributed by atoms with Crippen molar-refractivity contribution in [1.82, 2.24) is 10.2 Å². The van der Waals surface area contributed by atoms with E-state index < -0.39 is 40.2 Å². The Morgan fingerprint density at radius 3 is 2.29 bits per heavy atom. The van der Waals surface area contributed by atoms with Gasteiger partial charge in [-0.15, -0.1) is 0 Å². The average Bonchev–Trinajstić information content (AvgIpc) is 2.99. The Labute approximate surface area is 239 Å². The monoisotopic (exact) mass is 583 g/mol. The molecule has 0 aliphatic carbocycles. The number of carbonyl (C=O) groups is 2. The van der Waals surface area contributed by atoms with Crippen LogP contribution in [0.2, 0.25) is 0 Å². The van der Waals surface area contributed by atoms with E-state index in [9.17, 15) is 22.4 Å². The number of hydrogen-bond donors (Lipinski definition) is 1. The molecule has 2 amide bonds. The molecule has 1 heterocycles. The number of ether oxygens (including phenoxy) is 2. The van der Waals surface area contributed by atoms with Crippen molar-refractivity contribution in [1.29, 1.82) is 0 Å². The van der Waals surface area contributed by atoms with E-state index in [2.05, 4.69) is 5.32 Å². The van der Waals surface area contributed by atoms with Crippen molar-refractivity contribution in [2.75, 3.05) is 24.1 Å². The molecule has 3 aromatic rings. The third-order valence-electron chi connectivity index (χ3n) is 6.89. The van der Waals surface area contributed by atoms with Crippen LogP contribution in [0.4, 0.5) is 10.1 Å². The number of sulfonamides is 1. The second-order valence-corrected chi connectivity index (χ2v) is 11.6. The SMILES string of the molecule is CC[C@H](C)NC(=O)[C@H](C)N(Cc1ccccc1F)C(=O)CN(c1ccc2c(c1)OCCO2)S(=O)(=O)c1ccccc1. The smallest absolute Gasteiger partial charge is 0.264 e. The van der Waals surface area contributed by atoms with Crippen LogP contribution in [0.1, 0.15) is 32.8 Å². The van der Waals surface area contributed by atoms with Gasteiger partial charge in [-0.3, -0.25) is 13.9 Å². The zero-order chi connectivity index (χ0) is 29.6. The summed E-state index contributed by atoms with van der Waals surface area (Å²) in [6.45, 7) is 5.06.